The van der Waals surface area contributed by atoms with E-state index in [-0.39, 0.29) is 15.8 Å². The van der Waals surface area contributed by atoms with Crippen molar-refractivity contribution < 1.29 is 24.6 Å². The first kappa shape index (κ1) is 25.3. The summed E-state index contributed by atoms with van der Waals surface area (Å²) in [6.45, 7) is -0.433. The zero-order valence-electron chi connectivity index (χ0n) is 20.7. The van der Waals surface area contributed by atoms with Crippen LogP contribution in [0.4, 0.5) is 11.4 Å². The van der Waals surface area contributed by atoms with E-state index in [1.807, 2.05) is 18.2 Å². The van der Waals surface area contributed by atoms with Gasteiger partial charge in [-0.15, -0.1) is 0 Å². The summed E-state index contributed by atoms with van der Waals surface area (Å²) in [4.78, 5) is 39.0. The Kier molecular flexibility index (Phi) is 6.48. The topological polar surface area (TPSA) is 98.2 Å². The number of benzene rings is 3. The number of thiocarbonyl (C=S) groups is 1. The molecule has 2 heterocycles. The lowest BCUT2D eigenvalue weighted by atomic mass is 9.96. The minimum absolute atomic E-state index is 0.262. The van der Waals surface area contributed by atoms with Crippen molar-refractivity contribution in [2.24, 2.45) is 0 Å². The number of anilines is 2. The van der Waals surface area contributed by atoms with Crippen LogP contribution in [0.1, 0.15) is 46.7 Å². The molecule has 196 valence electrons. The predicted octanol–water partition coefficient (Wildman–Crippen LogP) is 6.13. The second-order valence-electron chi connectivity index (χ2n) is 9.88. The Hall–Kier alpha value is -3.95. The molecule has 9 heteroatoms. The fourth-order valence-electron chi connectivity index (χ4n) is 5.84. The van der Waals surface area contributed by atoms with Crippen molar-refractivity contribution in [3.05, 3.63) is 88.3 Å². The largest absolute Gasteiger partial charge is 0.480 e. The smallest absolute Gasteiger partial charge is 0.335 e. The van der Waals surface area contributed by atoms with E-state index in [0.29, 0.717) is 16.9 Å². The number of rotatable bonds is 6. The van der Waals surface area contributed by atoms with E-state index in [1.165, 1.54) is 11.3 Å². The van der Waals surface area contributed by atoms with Gasteiger partial charge in [0.15, 0.2) is 0 Å². The van der Waals surface area contributed by atoms with Gasteiger partial charge in [-0.1, -0.05) is 60.7 Å². The molecule has 39 heavy (non-hydrogen) atoms. The third-order valence-electron chi connectivity index (χ3n) is 7.60. The zero-order valence-corrected chi connectivity index (χ0v) is 22.4. The molecule has 1 aliphatic carbocycles. The molecule has 1 amide bonds. The number of carbonyl (C=O) groups is 3. The van der Waals surface area contributed by atoms with Crippen LogP contribution in [0.15, 0.2) is 71.6 Å². The van der Waals surface area contributed by atoms with Crippen LogP contribution in [0.2, 0.25) is 0 Å². The van der Waals surface area contributed by atoms with Crippen LogP contribution in [0.5, 0.6) is 0 Å². The van der Waals surface area contributed by atoms with Crippen molar-refractivity contribution in [3.8, 4) is 11.1 Å². The second kappa shape index (κ2) is 9.98. The first-order valence-electron chi connectivity index (χ1n) is 12.6. The van der Waals surface area contributed by atoms with Crippen LogP contribution in [-0.2, 0) is 9.59 Å². The van der Waals surface area contributed by atoms with E-state index >= 15 is 0 Å². The molecule has 3 aromatic rings. The van der Waals surface area contributed by atoms with E-state index < -0.39 is 18.5 Å². The number of aliphatic carboxylic acids is 1. The maximum atomic E-state index is 12.7. The highest BCUT2D eigenvalue weighted by Crippen LogP contribution is 2.52. The summed E-state index contributed by atoms with van der Waals surface area (Å²) < 4.78 is 0.262. The van der Waals surface area contributed by atoms with Gasteiger partial charge in [-0.25, -0.2) is 4.79 Å². The minimum atomic E-state index is -1.10. The molecule has 2 N–H and O–H groups in total. The molecule has 3 aromatic carbocycles. The highest BCUT2D eigenvalue weighted by molar-refractivity contribution is 8.26. The summed E-state index contributed by atoms with van der Waals surface area (Å²) in [7, 11) is 0. The average molecular weight is 557 g/mol. The first-order chi connectivity index (χ1) is 18.8. The third-order valence-corrected chi connectivity index (χ3v) is 8.97. The predicted molar refractivity (Wildman–Crippen MR) is 155 cm³/mol. The number of hydrogen-bond acceptors (Lipinski definition) is 6. The number of carboxylic acid groups (broad SMARTS) is 2. The van der Waals surface area contributed by atoms with Gasteiger partial charge in [-0.3, -0.25) is 14.5 Å². The molecule has 2 fully saturated rings. The molecule has 0 radical (unpaired) electrons. The lowest BCUT2D eigenvalue weighted by Crippen LogP contribution is -2.33. The highest BCUT2D eigenvalue weighted by Gasteiger charge is 2.42. The van der Waals surface area contributed by atoms with E-state index in [4.69, 9.17) is 22.4 Å². The lowest BCUT2D eigenvalue weighted by molar-refractivity contribution is -0.140. The summed E-state index contributed by atoms with van der Waals surface area (Å²) in [5.74, 6) is -2.00. The molecule has 3 aliphatic rings. The first-order valence-corrected chi connectivity index (χ1v) is 13.9. The number of aromatic carboxylic acids is 1. The number of fused-ring (bicyclic) bond motifs is 3. The Bertz CT molecular complexity index is 1550. The van der Waals surface area contributed by atoms with E-state index in [9.17, 15) is 14.4 Å². The summed E-state index contributed by atoms with van der Waals surface area (Å²) in [6.07, 6.45) is 5.16. The molecular formula is C30H24N2O5S2. The average Bonchev–Trinajstić information content (AvgIpc) is 3.59. The Balaban J connectivity index is 1.28. The van der Waals surface area contributed by atoms with Crippen molar-refractivity contribution in [3.63, 3.8) is 0 Å². The molecule has 7 nitrogen and oxygen atoms in total. The van der Waals surface area contributed by atoms with Gasteiger partial charge in [0.2, 0.25) is 0 Å². The maximum Gasteiger partial charge on any atom is 0.335 e. The van der Waals surface area contributed by atoms with E-state index in [0.717, 1.165) is 58.3 Å². The van der Waals surface area contributed by atoms with Crippen molar-refractivity contribution in [1.82, 2.24) is 4.90 Å². The molecule has 2 atom stereocenters. The Labute approximate surface area is 234 Å². The molecular weight excluding hydrogens is 532 g/mol. The SMILES string of the molecule is O=C(O)CN1C(=O)/C(=C/c2ccc3c(c2)C2CCCC2N3c2ccc(-c3ccc(C(=O)O)cc3)cc2)SC1=S. The Morgan fingerprint density at radius 2 is 1.67 bits per heavy atom. The van der Waals surface area contributed by atoms with E-state index in [2.05, 4.69) is 41.3 Å². The Morgan fingerprint density at radius 3 is 2.33 bits per heavy atom. The zero-order chi connectivity index (χ0) is 27.3. The van der Waals surface area contributed by atoms with Gasteiger partial charge in [0.05, 0.1) is 10.5 Å². The summed E-state index contributed by atoms with van der Waals surface area (Å²) >= 11 is 6.37. The molecule has 6 rings (SSSR count). The summed E-state index contributed by atoms with van der Waals surface area (Å²) in [5.41, 5.74) is 6.69. The van der Waals surface area contributed by atoms with Gasteiger partial charge in [-0.05, 0) is 77.6 Å². The van der Waals surface area contributed by atoms with Crippen LogP contribution in [-0.4, -0.2) is 49.9 Å². The highest BCUT2D eigenvalue weighted by atomic mass is 32.2. The second-order valence-corrected chi connectivity index (χ2v) is 11.6. The van der Waals surface area contributed by atoms with Gasteiger partial charge in [0.1, 0.15) is 10.9 Å². The van der Waals surface area contributed by atoms with Gasteiger partial charge < -0.3 is 15.1 Å². The van der Waals surface area contributed by atoms with Crippen molar-refractivity contribution in [2.45, 2.75) is 31.2 Å². The van der Waals surface area contributed by atoms with Crippen molar-refractivity contribution >= 4 is 63.6 Å². The summed E-state index contributed by atoms with van der Waals surface area (Å²) in [6, 6.07) is 21.9. The van der Waals surface area contributed by atoms with Crippen LogP contribution >= 0.6 is 24.0 Å². The van der Waals surface area contributed by atoms with Crippen LogP contribution in [0.25, 0.3) is 17.2 Å². The standard InChI is InChI=1S/C30H24N2O5S2/c33-27(34)16-31-28(35)26(39-30(31)38)15-17-4-13-25-23(14-17)22-2-1-3-24(22)32(25)21-11-9-19(10-12-21)18-5-7-20(8-6-18)29(36)37/h4-15,22,24H,1-3,16H2,(H,33,34)(H,36,37)/b26-15-. The van der Waals surface area contributed by atoms with Gasteiger partial charge in [0.25, 0.3) is 5.91 Å². The number of thioether (sulfide) groups is 1. The van der Waals surface area contributed by atoms with Crippen molar-refractivity contribution in [1.29, 1.82) is 0 Å². The quantitative estimate of drug-likeness (QED) is 0.277. The monoisotopic (exact) mass is 556 g/mol. The van der Waals surface area contributed by atoms with Crippen molar-refractivity contribution in [2.75, 3.05) is 11.4 Å². The molecule has 2 aliphatic heterocycles. The molecule has 0 bridgehead atoms. The fourth-order valence-corrected chi connectivity index (χ4v) is 7.10. The van der Waals surface area contributed by atoms with Crippen LogP contribution < -0.4 is 4.90 Å². The normalized spacial score (nSPS) is 21.0. The third kappa shape index (κ3) is 4.62. The van der Waals surface area contributed by atoms with Crippen LogP contribution in [0.3, 0.4) is 0 Å². The number of hydrogen-bond donors (Lipinski definition) is 2. The number of carbonyl (C=O) groups excluding carboxylic acids is 1. The van der Waals surface area contributed by atoms with E-state index in [1.54, 1.807) is 18.2 Å². The van der Waals surface area contributed by atoms with Crippen LogP contribution in [0, 0.1) is 0 Å². The van der Waals surface area contributed by atoms with Gasteiger partial charge in [0, 0.05) is 23.3 Å². The minimum Gasteiger partial charge on any atom is -0.480 e. The lowest BCUT2D eigenvalue weighted by Gasteiger charge is -2.27. The fraction of sp³-hybridized carbons (Fsp3) is 0.200. The van der Waals surface area contributed by atoms with Gasteiger partial charge >= 0.3 is 11.9 Å². The molecule has 0 spiro atoms. The molecule has 0 aromatic heterocycles. The maximum absolute atomic E-state index is 12.7. The Morgan fingerprint density at radius 1 is 0.974 bits per heavy atom. The molecule has 1 saturated heterocycles. The molecule has 2 unspecified atom stereocenters. The van der Waals surface area contributed by atoms with Gasteiger partial charge in [-0.2, -0.15) is 0 Å². The molecule has 1 saturated carbocycles. The number of nitrogens with zero attached hydrogens (tertiary/aromatic N) is 2. The number of amides is 1. The summed E-state index contributed by atoms with van der Waals surface area (Å²) in [5, 5.41) is 18.2. The number of carboxylic acids is 2.